The molecule has 7 nitrogen and oxygen atoms in total. The van der Waals surface area contributed by atoms with E-state index < -0.39 is 0 Å². The molecular formula is C16H19N5O2. The fourth-order valence-corrected chi connectivity index (χ4v) is 3.45. The lowest BCUT2D eigenvalue weighted by Gasteiger charge is -2.34. The van der Waals surface area contributed by atoms with Crippen LogP contribution in [-0.4, -0.2) is 58.4 Å². The molecule has 1 aliphatic carbocycles. The van der Waals surface area contributed by atoms with Crippen molar-refractivity contribution in [2.45, 2.75) is 19.8 Å². The third-order valence-corrected chi connectivity index (χ3v) is 4.85. The van der Waals surface area contributed by atoms with Gasteiger partial charge in [-0.05, 0) is 18.5 Å². The number of aromatic amines is 1. The maximum atomic E-state index is 12.5. The topological polar surface area (TPSA) is 82.2 Å². The fraction of sp³-hybridized carbons (Fsp3) is 0.500. The zero-order valence-corrected chi connectivity index (χ0v) is 13.1. The van der Waals surface area contributed by atoms with Crippen molar-refractivity contribution in [1.82, 2.24) is 19.9 Å². The first-order chi connectivity index (χ1) is 11.2. The summed E-state index contributed by atoms with van der Waals surface area (Å²) in [6.45, 7) is 6.79. The summed E-state index contributed by atoms with van der Waals surface area (Å²) < 4.78 is 0. The van der Waals surface area contributed by atoms with Crippen LogP contribution in [0, 0.1) is 0 Å². The number of pyridine rings is 1. The van der Waals surface area contributed by atoms with Crippen LogP contribution >= 0.6 is 0 Å². The molecule has 0 aromatic carbocycles. The van der Waals surface area contributed by atoms with Crippen molar-refractivity contribution in [1.29, 1.82) is 0 Å². The SMILES string of the molecule is CCN1CCN(c2nc3ncc4c(c3c(=O)[nH]2)CCC4=O)CC1. The van der Waals surface area contributed by atoms with E-state index in [1.54, 1.807) is 6.20 Å². The maximum absolute atomic E-state index is 12.5. The second kappa shape index (κ2) is 5.42. The Hall–Kier alpha value is -2.28. The molecule has 2 aromatic rings. The number of aromatic nitrogens is 3. The van der Waals surface area contributed by atoms with Gasteiger partial charge < -0.3 is 9.80 Å². The van der Waals surface area contributed by atoms with Crippen molar-refractivity contribution in [2.75, 3.05) is 37.6 Å². The van der Waals surface area contributed by atoms with E-state index in [0.29, 0.717) is 35.4 Å². The Morgan fingerprint density at radius 1 is 1.17 bits per heavy atom. The number of aryl methyl sites for hydroxylation is 1. The standard InChI is InChI=1S/C16H19N5O2/c1-2-20-5-7-21(8-6-20)16-18-14-13(15(23)19-16)10-3-4-12(22)11(10)9-17-14/h9H,2-8H2,1H3,(H,17,18,19,23). The second-order valence-electron chi connectivity index (χ2n) is 6.08. The summed E-state index contributed by atoms with van der Waals surface area (Å²) in [5.41, 5.74) is 1.63. The van der Waals surface area contributed by atoms with Crippen LogP contribution in [-0.2, 0) is 6.42 Å². The zero-order chi connectivity index (χ0) is 16.0. The summed E-state index contributed by atoms with van der Waals surface area (Å²) in [4.78, 5) is 40.5. The molecule has 1 N–H and O–H groups in total. The van der Waals surface area contributed by atoms with Crippen LogP contribution in [0.2, 0.25) is 0 Å². The smallest absolute Gasteiger partial charge is 0.262 e. The molecule has 7 heteroatoms. The summed E-state index contributed by atoms with van der Waals surface area (Å²) in [6, 6.07) is 0. The second-order valence-corrected chi connectivity index (χ2v) is 6.08. The van der Waals surface area contributed by atoms with Crippen molar-refractivity contribution in [3.8, 4) is 0 Å². The van der Waals surface area contributed by atoms with Gasteiger partial charge in [0, 0.05) is 44.4 Å². The van der Waals surface area contributed by atoms with Crippen LogP contribution in [0.25, 0.3) is 11.0 Å². The van der Waals surface area contributed by atoms with Gasteiger partial charge in [-0.1, -0.05) is 6.92 Å². The Morgan fingerprint density at radius 2 is 1.96 bits per heavy atom. The number of Topliss-reactive ketones (excluding diaryl/α,β-unsaturated/α-hetero) is 1. The highest BCUT2D eigenvalue weighted by atomic mass is 16.1. The number of hydrogen-bond acceptors (Lipinski definition) is 6. The monoisotopic (exact) mass is 313 g/mol. The van der Waals surface area contributed by atoms with Crippen molar-refractivity contribution < 1.29 is 4.79 Å². The van der Waals surface area contributed by atoms with Gasteiger partial charge in [0.2, 0.25) is 5.95 Å². The Balaban J connectivity index is 1.74. The Morgan fingerprint density at radius 3 is 2.70 bits per heavy atom. The van der Waals surface area contributed by atoms with Crippen LogP contribution in [0.3, 0.4) is 0 Å². The van der Waals surface area contributed by atoms with E-state index >= 15 is 0 Å². The summed E-state index contributed by atoms with van der Waals surface area (Å²) >= 11 is 0. The predicted octanol–water partition coefficient (Wildman–Crippen LogP) is 0.589. The molecule has 0 radical (unpaired) electrons. The van der Waals surface area contributed by atoms with Gasteiger partial charge in [-0.2, -0.15) is 4.98 Å². The number of fused-ring (bicyclic) bond motifs is 3. The number of carbonyl (C=O) groups excluding carboxylic acids is 1. The molecule has 0 saturated carbocycles. The molecule has 0 amide bonds. The van der Waals surface area contributed by atoms with Gasteiger partial charge in [-0.15, -0.1) is 0 Å². The number of hydrogen-bond donors (Lipinski definition) is 1. The number of piperazine rings is 1. The van der Waals surface area contributed by atoms with Gasteiger partial charge in [0.1, 0.15) is 0 Å². The average molecular weight is 313 g/mol. The normalized spacial score (nSPS) is 18.7. The van der Waals surface area contributed by atoms with Gasteiger partial charge in [0.25, 0.3) is 5.56 Å². The molecule has 2 aliphatic rings. The first-order valence-corrected chi connectivity index (χ1v) is 8.09. The average Bonchev–Trinajstić information content (AvgIpc) is 2.96. The third kappa shape index (κ3) is 2.31. The van der Waals surface area contributed by atoms with Gasteiger partial charge in [-0.25, -0.2) is 4.98 Å². The molecule has 1 aliphatic heterocycles. The molecule has 23 heavy (non-hydrogen) atoms. The Bertz CT molecular complexity index is 836. The third-order valence-electron chi connectivity index (χ3n) is 4.85. The number of rotatable bonds is 2. The number of ketones is 1. The molecule has 0 unspecified atom stereocenters. The van der Waals surface area contributed by atoms with Crippen LogP contribution < -0.4 is 10.5 Å². The maximum Gasteiger partial charge on any atom is 0.262 e. The minimum absolute atomic E-state index is 0.0635. The summed E-state index contributed by atoms with van der Waals surface area (Å²) in [5.74, 6) is 0.642. The van der Waals surface area contributed by atoms with E-state index in [1.165, 1.54) is 0 Å². The molecule has 2 aromatic heterocycles. The highest BCUT2D eigenvalue weighted by Gasteiger charge is 2.25. The number of H-pyrrole nitrogens is 1. The van der Waals surface area contributed by atoms with Gasteiger partial charge in [0.15, 0.2) is 11.4 Å². The Kier molecular flexibility index (Phi) is 3.37. The molecule has 120 valence electrons. The number of nitrogens with zero attached hydrogens (tertiary/aromatic N) is 4. The van der Waals surface area contributed by atoms with E-state index in [2.05, 4.69) is 31.7 Å². The summed E-state index contributed by atoms with van der Waals surface area (Å²) in [5, 5.41) is 0.476. The van der Waals surface area contributed by atoms with E-state index in [1.807, 2.05) is 0 Å². The number of nitrogens with one attached hydrogen (secondary N) is 1. The molecule has 0 bridgehead atoms. The molecule has 1 saturated heterocycles. The van der Waals surface area contributed by atoms with Crippen LogP contribution in [0.4, 0.5) is 5.95 Å². The van der Waals surface area contributed by atoms with Gasteiger partial charge in [0.05, 0.1) is 5.39 Å². The first-order valence-electron chi connectivity index (χ1n) is 8.09. The van der Waals surface area contributed by atoms with E-state index in [-0.39, 0.29) is 11.3 Å². The van der Waals surface area contributed by atoms with Crippen molar-refractivity contribution >= 4 is 22.8 Å². The lowest BCUT2D eigenvalue weighted by atomic mass is 10.1. The molecule has 0 spiro atoms. The molecule has 1 fully saturated rings. The fourth-order valence-electron chi connectivity index (χ4n) is 3.45. The minimum atomic E-state index is -0.193. The quantitative estimate of drug-likeness (QED) is 0.874. The largest absolute Gasteiger partial charge is 0.340 e. The number of likely N-dealkylation sites (N-methyl/N-ethyl adjacent to an activating group) is 1. The number of anilines is 1. The van der Waals surface area contributed by atoms with E-state index in [4.69, 9.17) is 0 Å². The van der Waals surface area contributed by atoms with Crippen LogP contribution in [0.15, 0.2) is 11.0 Å². The zero-order valence-electron chi connectivity index (χ0n) is 13.1. The molecular weight excluding hydrogens is 294 g/mol. The van der Waals surface area contributed by atoms with E-state index in [9.17, 15) is 9.59 Å². The van der Waals surface area contributed by atoms with Crippen LogP contribution in [0.5, 0.6) is 0 Å². The van der Waals surface area contributed by atoms with E-state index in [0.717, 1.165) is 38.3 Å². The number of carbonyl (C=O) groups is 1. The summed E-state index contributed by atoms with van der Waals surface area (Å²) in [6.07, 6.45) is 2.63. The Labute approximate surface area is 133 Å². The molecule has 0 atom stereocenters. The predicted molar refractivity (Wildman–Crippen MR) is 87.1 cm³/mol. The molecule has 3 heterocycles. The lowest BCUT2D eigenvalue weighted by molar-refractivity contribution is 0.0994. The summed E-state index contributed by atoms with van der Waals surface area (Å²) in [7, 11) is 0. The van der Waals surface area contributed by atoms with Gasteiger partial charge >= 0.3 is 0 Å². The van der Waals surface area contributed by atoms with Crippen molar-refractivity contribution in [2.24, 2.45) is 0 Å². The van der Waals surface area contributed by atoms with Crippen molar-refractivity contribution in [3.63, 3.8) is 0 Å². The highest BCUT2D eigenvalue weighted by molar-refractivity contribution is 6.04. The van der Waals surface area contributed by atoms with Crippen molar-refractivity contribution in [3.05, 3.63) is 27.7 Å². The minimum Gasteiger partial charge on any atom is -0.340 e. The van der Waals surface area contributed by atoms with Crippen LogP contribution in [0.1, 0.15) is 29.3 Å². The molecule has 4 rings (SSSR count). The first kappa shape index (κ1) is 14.3. The highest BCUT2D eigenvalue weighted by Crippen LogP contribution is 2.26. The lowest BCUT2D eigenvalue weighted by Crippen LogP contribution is -2.47. The van der Waals surface area contributed by atoms with Gasteiger partial charge in [-0.3, -0.25) is 14.6 Å².